The van der Waals surface area contributed by atoms with Crippen LogP contribution in [0.5, 0.6) is 0 Å². The number of anilines is 1. The molecule has 2 rings (SSSR count). The van der Waals surface area contributed by atoms with Crippen molar-refractivity contribution in [3.05, 3.63) is 58.4 Å². The molecule has 0 aliphatic rings. The molecule has 0 atom stereocenters. The predicted octanol–water partition coefficient (Wildman–Crippen LogP) is 4.61. The van der Waals surface area contributed by atoms with Crippen LogP contribution in [-0.4, -0.2) is 8.42 Å². The lowest BCUT2D eigenvalue weighted by Gasteiger charge is -2.13. The van der Waals surface area contributed by atoms with Gasteiger partial charge in [-0.3, -0.25) is 4.72 Å². The quantitative estimate of drug-likeness (QED) is 0.805. The Morgan fingerprint density at radius 2 is 1.74 bits per heavy atom. The van der Waals surface area contributed by atoms with Gasteiger partial charge in [0.1, 0.15) is 5.82 Å². The van der Waals surface area contributed by atoms with Crippen molar-refractivity contribution in [3.63, 3.8) is 0 Å². The first-order chi connectivity index (χ1) is 10.5. The summed E-state index contributed by atoms with van der Waals surface area (Å²) in [6.07, 6.45) is -4.73. The first kappa shape index (κ1) is 17.6. The number of halogens is 5. The SMILES string of the molecule is Cc1ccc(F)cc1S(=O)(=O)Nc1ccc(Cl)c(C(F)(F)F)c1. The van der Waals surface area contributed by atoms with Crippen LogP contribution in [0.15, 0.2) is 41.3 Å². The molecule has 0 aliphatic heterocycles. The highest BCUT2D eigenvalue weighted by Crippen LogP contribution is 2.36. The lowest BCUT2D eigenvalue weighted by Crippen LogP contribution is -2.15. The van der Waals surface area contributed by atoms with Crippen LogP contribution in [0.25, 0.3) is 0 Å². The van der Waals surface area contributed by atoms with Gasteiger partial charge in [0.25, 0.3) is 10.0 Å². The maximum atomic E-state index is 13.2. The Labute approximate surface area is 134 Å². The molecule has 124 valence electrons. The van der Waals surface area contributed by atoms with Gasteiger partial charge in [-0.1, -0.05) is 17.7 Å². The second-order valence-corrected chi connectivity index (χ2v) is 6.77. The van der Waals surface area contributed by atoms with E-state index in [0.717, 1.165) is 24.3 Å². The first-order valence-corrected chi connectivity index (χ1v) is 8.02. The number of hydrogen-bond donors (Lipinski definition) is 1. The average molecular weight is 368 g/mol. The Morgan fingerprint density at radius 3 is 2.35 bits per heavy atom. The van der Waals surface area contributed by atoms with Crippen molar-refractivity contribution in [1.29, 1.82) is 0 Å². The summed E-state index contributed by atoms with van der Waals surface area (Å²) in [4.78, 5) is -0.360. The molecule has 0 bridgehead atoms. The molecule has 0 unspecified atom stereocenters. The largest absolute Gasteiger partial charge is 0.417 e. The van der Waals surface area contributed by atoms with Gasteiger partial charge in [0.2, 0.25) is 0 Å². The molecular formula is C14H10ClF4NO2S. The summed E-state index contributed by atoms with van der Waals surface area (Å²) in [5, 5.41) is -0.553. The molecule has 0 aliphatic carbocycles. The Balaban J connectivity index is 2.44. The molecule has 0 aromatic heterocycles. The Morgan fingerprint density at radius 1 is 1.09 bits per heavy atom. The fourth-order valence-electron chi connectivity index (χ4n) is 1.88. The topological polar surface area (TPSA) is 46.2 Å². The molecule has 23 heavy (non-hydrogen) atoms. The number of aryl methyl sites for hydroxylation is 1. The molecule has 0 radical (unpaired) electrons. The highest BCUT2D eigenvalue weighted by atomic mass is 35.5. The van der Waals surface area contributed by atoms with Crippen LogP contribution in [-0.2, 0) is 16.2 Å². The summed E-state index contributed by atoms with van der Waals surface area (Å²) in [6, 6.07) is 5.72. The summed E-state index contributed by atoms with van der Waals surface area (Å²) >= 11 is 5.47. The molecule has 0 saturated heterocycles. The molecule has 0 fully saturated rings. The van der Waals surface area contributed by atoms with Crippen LogP contribution in [0.1, 0.15) is 11.1 Å². The molecule has 0 spiro atoms. The molecule has 9 heteroatoms. The zero-order valence-corrected chi connectivity index (χ0v) is 13.2. The van der Waals surface area contributed by atoms with E-state index >= 15 is 0 Å². The number of benzene rings is 2. The fraction of sp³-hybridized carbons (Fsp3) is 0.143. The minimum absolute atomic E-state index is 0.254. The highest BCUT2D eigenvalue weighted by Gasteiger charge is 2.33. The van der Waals surface area contributed by atoms with E-state index in [-0.39, 0.29) is 16.1 Å². The van der Waals surface area contributed by atoms with Crippen LogP contribution < -0.4 is 4.72 Å². The number of hydrogen-bond acceptors (Lipinski definition) is 2. The zero-order valence-electron chi connectivity index (χ0n) is 11.6. The van der Waals surface area contributed by atoms with Crippen LogP contribution >= 0.6 is 11.6 Å². The van der Waals surface area contributed by atoms with Crippen molar-refractivity contribution in [2.75, 3.05) is 4.72 Å². The van der Waals surface area contributed by atoms with E-state index in [2.05, 4.69) is 0 Å². The third-order valence-electron chi connectivity index (χ3n) is 2.96. The van der Waals surface area contributed by atoms with Crippen molar-refractivity contribution < 1.29 is 26.0 Å². The average Bonchev–Trinajstić information content (AvgIpc) is 2.42. The van der Waals surface area contributed by atoms with Crippen molar-refractivity contribution in [2.24, 2.45) is 0 Å². The molecule has 0 saturated carbocycles. The second kappa shape index (κ2) is 6.01. The third-order valence-corrected chi connectivity index (χ3v) is 4.82. The van der Waals surface area contributed by atoms with Crippen LogP contribution in [0.4, 0.5) is 23.2 Å². The lowest BCUT2D eigenvalue weighted by atomic mass is 10.2. The molecule has 0 heterocycles. The van der Waals surface area contributed by atoms with Crippen molar-refractivity contribution in [1.82, 2.24) is 0 Å². The number of alkyl halides is 3. The predicted molar refractivity (Wildman–Crippen MR) is 78.4 cm³/mol. The monoisotopic (exact) mass is 367 g/mol. The van der Waals surface area contributed by atoms with Gasteiger partial charge < -0.3 is 0 Å². The van der Waals surface area contributed by atoms with E-state index in [0.29, 0.717) is 6.07 Å². The second-order valence-electron chi connectivity index (χ2n) is 4.71. The van der Waals surface area contributed by atoms with Crippen molar-refractivity contribution >= 4 is 27.3 Å². The maximum absolute atomic E-state index is 13.2. The molecule has 3 nitrogen and oxygen atoms in total. The fourth-order valence-corrected chi connectivity index (χ4v) is 3.41. The highest BCUT2D eigenvalue weighted by molar-refractivity contribution is 7.92. The van der Waals surface area contributed by atoms with E-state index in [1.165, 1.54) is 13.0 Å². The number of sulfonamides is 1. The van der Waals surface area contributed by atoms with Gasteiger partial charge in [0, 0.05) is 5.69 Å². The summed E-state index contributed by atoms with van der Waals surface area (Å²) in [5.41, 5.74) is -1.25. The van der Waals surface area contributed by atoms with E-state index in [1.807, 2.05) is 4.72 Å². The molecule has 0 amide bonds. The van der Waals surface area contributed by atoms with Gasteiger partial charge >= 0.3 is 6.18 Å². The normalized spacial score (nSPS) is 12.3. The zero-order chi connectivity index (χ0) is 17.4. The van der Waals surface area contributed by atoms with Gasteiger partial charge in [0.05, 0.1) is 15.5 Å². The van der Waals surface area contributed by atoms with Gasteiger partial charge in [-0.15, -0.1) is 0 Å². The van der Waals surface area contributed by atoms with E-state index in [9.17, 15) is 26.0 Å². The molecule has 2 aromatic carbocycles. The number of rotatable bonds is 3. The lowest BCUT2D eigenvalue weighted by molar-refractivity contribution is -0.137. The Hall–Kier alpha value is -1.80. The van der Waals surface area contributed by atoms with Crippen molar-refractivity contribution in [2.45, 2.75) is 18.0 Å². The van der Waals surface area contributed by atoms with Crippen LogP contribution in [0, 0.1) is 12.7 Å². The Bertz CT molecular complexity index is 850. The third kappa shape index (κ3) is 3.94. The summed E-state index contributed by atoms with van der Waals surface area (Å²) < 4.78 is 78.0. The van der Waals surface area contributed by atoms with E-state index in [1.54, 1.807) is 0 Å². The number of nitrogens with one attached hydrogen (secondary N) is 1. The van der Waals surface area contributed by atoms with Crippen LogP contribution in [0.3, 0.4) is 0 Å². The summed E-state index contributed by atoms with van der Waals surface area (Å²) in [6.45, 7) is 1.44. The smallest absolute Gasteiger partial charge is 0.280 e. The summed E-state index contributed by atoms with van der Waals surface area (Å²) in [5.74, 6) is -0.775. The van der Waals surface area contributed by atoms with Gasteiger partial charge in [-0.05, 0) is 42.8 Å². The Kier molecular flexibility index (Phi) is 4.59. The standard InChI is InChI=1S/C14H10ClF4NO2S/c1-8-2-3-9(16)6-13(8)23(21,22)20-10-4-5-12(15)11(7-10)14(17,18)19/h2-7,20H,1H3. The van der Waals surface area contributed by atoms with E-state index < -0.39 is 32.6 Å². The van der Waals surface area contributed by atoms with Crippen molar-refractivity contribution in [3.8, 4) is 0 Å². The molecule has 2 aromatic rings. The summed E-state index contributed by atoms with van der Waals surface area (Å²) in [7, 11) is -4.24. The molecular weight excluding hydrogens is 358 g/mol. The van der Waals surface area contributed by atoms with Gasteiger partial charge in [0.15, 0.2) is 0 Å². The maximum Gasteiger partial charge on any atom is 0.417 e. The van der Waals surface area contributed by atoms with Crippen LogP contribution in [0.2, 0.25) is 5.02 Å². The van der Waals surface area contributed by atoms with Gasteiger partial charge in [-0.2, -0.15) is 13.2 Å². The molecule has 1 N–H and O–H groups in total. The van der Waals surface area contributed by atoms with Gasteiger partial charge in [-0.25, -0.2) is 12.8 Å². The minimum atomic E-state index is -4.73. The minimum Gasteiger partial charge on any atom is -0.280 e. The van der Waals surface area contributed by atoms with E-state index in [4.69, 9.17) is 11.6 Å². The first-order valence-electron chi connectivity index (χ1n) is 6.16.